The normalized spacial score (nSPS) is 19.6. The molecule has 31 heavy (non-hydrogen) atoms. The highest BCUT2D eigenvalue weighted by atomic mass is 32.2. The minimum absolute atomic E-state index is 0.278. The molecule has 0 saturated heterocycles. The molecule has 0 fully saturated rings. The lowest BCUT2D eigenvalue weighted by atomic mass is 9.75. The summed E-state index contributed by atoms with van der Waals surface area (Å²) in [5.41, 5.74) is 1.54. The van der Waals surface area contributed by atoms with Gasteiger partial charge in [-0.3, -0.25) is 19.3 Å². The van der Waals surface area contributed by atoms with E-state index in [1.165, 1.54) is 0 Å². The van der Waals surface area contributed by atoms with E-state index in [9.17, 15) is 18.3 Å². The van der Waals surface area contributed by atoms with Gasteiger partial charge in [0.15, 0.2) is 0 Å². The molecule has 7 nitrogen and oxygen atoms in total. The van der Waals surface area contributed by atoms with Crippen molar-refractivity contribution in [2.45, 2.75) is 81.1 Å². The molecule has 0 saturated carbocycles. The van der Waals surface area contributed by atoms with Crippen molar-refractivity contribution < 1.29 is 22.9 Å². The van der Waals surface area contributed by atoms with E-state index in [1.807, 2.05) is 27.7 Å². The summed E-state index contributed by atoms with van der Waals surface area (Å²) in [6.07, 6.45) is 5.69. The van der Waals surface area contributed by atoms with Crippen LogP contribution in [0.1, 0.15) is 81.1 Å². The molecule has 1 atom stereocenters. The summed E-state index contributed by atoms with van der Waals surface area (Å²) >= 11 is 0. The quantitative estimate of drug-likeness (QED) is 0.324. The van der Waals surface area contributed by atoms with E-state index in [-0.39, 0.29) is 17.6 Å². The molecule has 1 aliphatic heterocycles. The maximum atomic E-state index is 11.7. The van der Waals surface area contributed by atoms with Crippen LogP contribution in [0.2, 0.25) is 0 Å². The summed E-state index contributed by atoms with van der Waals surface area (Å²) in [6.45, 7) is 15.3. The highest BCUT2D eigenvalue weighted by molar-refractivity contribution is 7.85. The standard InChI is InChI=1S/C23H38N2O5S/c1-9-23(8,12-11-13-31(28,29)30)15-17(24-10-2)19-18(14-21(4,5)20(26)27)25-16(3)22(19,6)7/h10,15H,9,11-14H2,1-8H3,(H,26,27)(H,28,29,30)/b17-15-,24-10?. The number of aliphatic imine (C=N–C) groups is 2. The molecular formula is C23H38N2O5S. The molecule has 0 aliphatic carbocycles. The molecule has 0 aromatic rings. The van der Waals surface area contributed by atoms with Crippen molar-refractivity contribution in [2.24, 2.45) is 26.2 Å². The van der Waals surface area contributed by atoms with E-state index >= 15 is 0 Å². The first kappa shape index (κ1) is 27.2. The molecule has 1 rings (SSSR count). The third-order valence-corrected chi connectivity index (χ3v) is 7.08. The Morgan fingerprint density at radius 3 is 2.29 bits per heavy atom. The average molecular weight is 455 g/mol. The number of hydrogen-bond donors (Lipinski definition) is 2. The van der Waals surface area contributed by atoms with Crippen LogP contribution in [0.3, 0.4) is 0 Å². The van der Waals surface area contributed by atoms with Crippen molar-refractivity contribution in [3.63, 3.8) is 0 Å². The highest BCUT2D eigenvalue weighted by Crippen LogP contribution is 2.46. The third-order valence-electron chi connectivity index (χ3n) is 6.28. The van der Waals surface area contributed by atoms with Crippen LogP contribution in [-0.4, -0.2) is 41.7 Å². The average Bonchev–Trinajstić information content (AvgIpc) is 2.81. The van der Waals surface area contributed by atoms with Crippen molar-refractivity contribution in [2.75, 3.05) is 5.75 Å². The number of aliphatic carboxylic acids is 1. The second-order valence-corrected chi connectivity index (χ2v) is 11.4. The molecule has 0 bridgehead atoms. The second kappa shape index (κ2) is 9.77. The van der Waals surface area contributed by atoms with Crippen molar-refractivity contribution >= 4 is 28.0 Å². The van der Waals surface area contributed by atoms with E-state index < -0.39 is 26.9 Å². The van der Waals surface area contributed by atoms with E-state index in [1.54, 1.807) is 20.1 Å². The molecular weight excluding hydrogens is 416 g/mol. The van der Waals surface area contributed by atoms with E-state index in [0.717, 1.165) is 29.1 Å². The zero-order chi connectivity index (χ0) is 24.3. The van der Waals surface area contributed by atoms with Gasteiger partial charge in [0, 0.05) is 35.0 Å². The first-order valence-electron chi connectivity index (χ1n) is 10.7. The largest absolute Gasteiger partial charge is 0.481 e. The lowest BCUT2D eigenvalue weighted by Crippen LogP contribution is -2.25. The zero-order valence-electron chi connectivity index (χ0n) is 20.1. The van der Waals surface area contributed by atoms with Gasteiger partial charge in [-0.15, -0.1) is 0 Å². The van der Waals surface area contributed by atoms with E-state index in [2.05, 4.69) is 24.9 Å². The van der Waals surface area contributed by atoms with Gasteiger partial charge < -0.3 is 5.11 Å². The number of carboxylic acid groups (broad SMARTS) is 1. The Hall–Kier alpha value is -1.80. The smallest absolute Gasteiger partial charge is 0.309 e. The van der Waals surface area contributed by atoms with Gasteiger partial charge >= 0.3 is 5.97 Å². The fourth-order valence-electron chi connectivity index (χ4n) is 3.68. The topological polar surface area (TPSA) is 116 Å². The zero-order valence-corrected chi connectivity index (χ0v) is 20.9. The maximum Gasteiger partial charge on any atom is 0.309 e. The number of allylic oxidation sites excluding steroid dienone is 3. The van der Waals surface area contributed by atoms with Crippen LogP contribution in [0, 0.1) is 16.2 Å². The SMILES string of the molecule is CC=N/C(=C\C(C)(CC)CCCS(=O)(=O)O)C1=C(CC(C)(C)C(=O)O)N=C(C)C1(C)C. The molecule has 1 unspecified atom stereocenters. The van der Waals surface area contributed by atoms with Gasteiger partial charge in [0.2, 0.25) is 0 Å². The number of nitrogens with zero attached hydrogens (tertiary/aromatic N) is 2. The minimum atomic E-state index is -4.01. The monoisotopic (exact) mass is 454 g/mol. The van der Waals surface area contributed by atoms with Gasteiger partial charge in [0.1, 0.15) is 0 Å². The number of carbonyl (C=O) groups is 1. The Morgan fingerprint density at radius 1 is 1.26 bits per heavy atom. The Balaban J connectivity index is 3.53. The molecule has 0 amide bonds. The van der Waals surface area contributed by atoms with Crippen molar-refractivity contribution in [1.29, 1.82) is 0 Å². The van der Waals surface area contributed by atoms with E-state index in [0.29, 0.717) is 12.8 Å². The summed E-state index contributed by atoms with van der Waals surface area (Å²) in [4.78, 5) is 21.1. The predicted molar refractivity (Wildman–Crippen MR) is 126 cm³/mol. The number of carboxylic acids is 1. The van der Waals surface area contributed by atoms with Gasteiger partial charge in [-0.05, 0) is 52.4 Å². The first-order chi connectivity index (χ1) is 14.0. The summed E-state index contributed by atoms with van der Waals surface area (Å²) < 4.78 is 31.3. The Kier molecular flexibility index (Phi) is 8.59. The first-order valence-corrected chi connectivity index (χ1v) is 12.3. The summed E-state index contributed by atoms with van der Waals surface area (Å²) in [5, 5.41) is 9.63. The fraction of sp³-hybridized carbons (Fsp3) is 0.696. The Labute approximate surface area is 187 Å². The molecule has 0 aromatic carbocycles. The lowest BCUT2D eigenvalue weighted by molar-refractivity contribution is -0.146. The van der Waals surface area contributed by atoms with Crippen molar-refractivity contribution in [3.05, 3.63) is 23.0 Å². The van der Waals surface area contributed by atoms with Crippen LogP contribution in [0.15, 0.2) is 33.0 Å². The van der Waals surface area contributed by atoms with Gasteiger partial charge in [0.25, 0.3) is 10.1 Å². The molecule has 1 aliphatic rings. The van der Waals surface area contributed by atoms with Crippen LogP contribution in [-0.2, 0) is 14.9 Å². The van der Waals surface area contributed by atoms with Crippen LogP contribution >= 0.6 is 0 Å². The van der Waals surface area contributed by atoms with Gasteiger partial charge in [-0.2, -0.15) is 8.42 Å². The minimum Gasteiger partial charge on any atom is -0.481 e. The molecule has 8 heteroatoms. The number of hydrogen-bond acceptors (Lipinski definition) is 5. The number of rotatable bonds is 11. The molecule has 0 radical (unpaired) electrons. The van der Waals surface area contributed by atoms with Crippen LogP contribution in [0.5, 0.6) is 0 Å². The highest BCUT2D eigenvalue weighted by Gasteiger charge is 2.40. The molecule has 0 aromatic heterocycles. The predicted octanol–water partition coefficient (Wildman–Crippen LogP) is 5.30. The van der Waals surface area contributed by atoms with E-state index in [4.69, 9.17) is 9.55 Å². The molecule has 176 valence electrons. The Morgan fingerprint density at radius 2 is 1.84 bits per heavy atom. The molecule has 2 N–H and O–H groups in total. The molecule has 1 heterocycles. The Bertz CT molecular complexity index is 924. The van der Waals surface area contributed by atoms with Gasteiger partial charge in [-0.1, -0.05) is 33.8 Å². The summed E-state index contributed by atoms with van der Waals surface area (Å²) in [6, 6.07) is 0. The van der Waals surface area contributed by atoms with Crippen molar-refractivity contribution in [1.82, 2.24) is 0 Å². The lowest BCUT2D eigenvalue weighted by Gasteiger charge is -2.29. The summed E-state index contributed by atoms with van der Waals surface area (Å²) in [7, 11) is -4.01. The van der Waals surface area contributed by atoms with Crippen LogP contribution in [0.25, 0.3) is 0 Å². The van der Waals surface area contributed by atoms with Crippen LogP contribution in [0.4, 0.5) is 0 Å². The van der Waals surface area contributed by atoms with Crippen molar-refractivity contribution in [3.8, 4) is 0 Å². The van der Waals surface area contributed by atoms with Crippen LogP contribution < -0.4 is 0 Å². The van der Waals surface area contributed by atoms with Gasteiger partial charge in [0.05, 0.1) is 16.9 Å². The molecule has 0 spiro atoms. The maximum absolute atomic E-state index is 11.7. The third kappa shape index (κ3) is 7.10. The van der Waals surface area contributed by atoms with Gasteiger partial charge in [-0.25, -0.2) is 0 Å². The summed E-state index contributed by atoms with van der Waals surface area (Å²) in [5.74, 6) is -1.16. The second-order valence-electron chi connectivity index (χ2n) is 9.82. The fourth-order valence-corrected chi connectivity index (χ4v) is 4.19.